The minimum Gasteiger partial charge on any atom is -0.492 e. The van der Waals surface area contributed by atoms with Gasteiger partial charge in [-0.05, 0) is 57.1 Å². The van der Waals surface area contributed by atoms with Crippen molar-refractivity contribution in [1.29, 1.82) is 0 Å². The molecule has 0 saturated heterocycles. The molecule has 1 aliphatic rings. The highest BCUT2D eigenvalue weighted by atomic mass is 16.5. The average molecular weight is 416 g/mol. The molecule has 0 aliphatic heterocycles. The molecule has 1 saturated carbocycles. The molecule has 0 bridgehead atoms. The van der Waals surface area contributed by atoms with Crippen molar-refractivity contribution in [3.63, 3.8) is 0 Å². The van der Waals surface area contributed by atoms with Gasteiger partial charge in [-0.2, -0.15) is 0 Å². The first kappa shape index (κ1) is 23.9. The van der Waals surface area contributed by atoms with E-state index < -0.39 is 0 Å². The third-order valence-electron chi connectivity index (χ3n) is 5.34. The van der Waals surface area contributed by atoms with Crippen molar-refractivity contribution in [1.82, 2.24) is 16.0 Å². The van der Waals surface area contributed by atoms with E-state index in [-0.39, 0.29) is 24.4 Å². The van der Waals surface area contributed by atoms with Crippen LogP contribution in [0.2, 0.25) is 0 Å². The van der Waals surface area contributed by atoms with Gasteiger partial charge in [0.2, 0.25) is 11.8 Å². The minimum atomic E-state index is -0.164. The molecule has 6 nitrogen and oxygen atoms in total. The van der Waals surface area contributed by atoms with E-state index in [2.05, 4.69) is 35.5 Å². The van der Waals surface area contributed by atoms with E-state index in [1.807, 2.05) is 25.1 Å². The molecule has 1 fully saturated rings. The Balaban J connectivity index is 1.73. The zero-order chi connectivity index (χ0) is 21.9. The first-order valence-electron chi connectivity index (χ1n) is 11.1. The molecule has 0 spiro atoms. The van der Waals surface area contributed by atoms with Crippen LogP contribution in [0.3, 0.4) is 0 Å². The fourth-order valence-corrected chi connectivity index (χ4v) is 3.47. The van der Waals surface area contributed by atoms with Gasteiger partial charge in [0.1, 0.15) is 12.4 Å². The Hall–Kier alpha value is -2.34. The Bertz CT molecular complexity index is 715. The zero-order valence-corrected chi connectivity index (χ0v) is 18.6. The van der Waals surface area contributed by atoms with Crippen molar-refractivity contribution in [2.75, 3.05) is 19.7 Å². The molecule has 0 heterocycles. The second-order valence-corrected chi connectivity index (χ2v) is 8.21. The van der Waals surface area contributed by atoms with Gasteiger partial charge in [0, 0.05) is 25.0 Å². The van der Waals surface area contributed by atoms with Crippen LogP contribution in [-0.2, 0) is 16.0 Å². The summed E-state index contributed by atoms with van der Waals surface area (Å²) in [6.45, 7) is 11.3. The lowest BCUT2D eigenvalue weighted by Crippen LogP contribution is -2.40. The molecule has 0 aromatic heterocycles. The summed E-state index contributed by atoms with van der Waals surface area (Å²) in [5.74, 6) is 1.35. The van der Waals surface area contributed by atoms with Crippen molar-refractivity contribution in [2.45, 2.75) is 65.0 Å². The maximum atomic E-state index is 11.9. The number of ether oxygens (including phenoxy) is 1. The topological polar surface area (TPSA) is 79.5 Å². The van der Waals surface area contributed by atoms with Crippen LogP contribution in [0.15, 0.2) is 36.4 Å². The van der Waals surface area contributed by atoms with E-state index >= 15 is 0 Å². The second kappa shape index (κ2) is 12.4. The average Bonchev–Trinajstić information content (AvgIpc) is 3.55. The normalized spacial score (nSPS) is 15.2. The second-order valence-electron chi connectivity index (χ2n) is 8.21. The van der Waals surface area contributed by atoms with Gasteiger partial charge in [-0.3, -0.25) is 9.59 Å². The quantitative estimate of drug-likeness (QED) is 0.322. The van der Waals surface area contributed by atoms with E-state index in [0.717, 1.165) is 36.6 Å². The van der Waals surface area contributed by atoms with Gasteiger partial charge in [0.05, 0.1) is 6.54 Å². The predicted octanol–water partition coefficient (Wildman–Crippen LogP) is 2.97. The summed E-state index contributed by atoms with van der Waals surface area (Å²) in [6, 6.07) is 8.47. The molecule has 30 heavy (non-hydrogen) atoms. The van der Waals surface area contributed by atoms with Crippen LogP contribution in [0.4, 0.5) is 0 Å². The summed E-state index contributed by atoms with van der Waals surface area (Å²) in [6.07, 6.45) is 4.56. The molecule has 3 N–H and O–H groups in total. The Morgan fingerprint density at radius 1 is 1.23 bits per heavy atom. The van der Waals surface area contributed by atoms with Gasteiger partial charge in [0.15, 0.2) is 0 Å². The number of hydrogen-bond donors (Lipinski definition) is 3. The van der Waals surface area contributed by atoms with Gasteiger partial charge in [-0.25, -0.2) is 0 Å². The van der Waals surface area contributed by atoms with Gasteiger partial charge in [0.25, 0.3) is 0 Å². The lowest BCUT2D eigenvalue weighted by molar-refractivity contribution is -0.126. The number of benzene rings is 1. The molecule has 1 aromatic carbocycles. The molecular formula is C24H37N3O3. The molecular weight excluding hydrogens is 378 g/mol. The number of nitrogens with one attached hydrogen (secondary N) is 3. The molecule has 166 valence electrons. The number of rotatable bonds is 14. The van der Waals surface area contributed by atoms with Gasteiger partial charge >= 0.3 is 0 Å². The molecule has 1 aromatic rings. The van der Waals surface area contributed by atoms with E-state index in [1.54, 1.807) is 6.92 Å². The van der Waals surface area contributed by atoms with Gasteiger partial charge in [-0.1, -0.05) is 37.3 Å². The lowest BCUT2D eigenvalue weighted by atomic mass is 10.1. The van der Waals surface area contributed by atoms with Gasteiger partial charge in [-0.15, -0.1) is 0 Å². The van der Waals surface area contributed by atoms with E-state index in [0.29, 0.717) is 19.1 Å². The van der Waals surface area contributed by atoms with E-state index in [4.69, 9.17) is 4.74 Å². The molecule has 0 radical (unpaired) electrons. The van der Waals surface area contributed by atoms with Crippen LogP contribution >= 0.6 is 0 Å². The standard InChI is InChI=1S/C24H37N3O3/c1-5-22(28)26-16-23(29)27-18(4)10-11-19-8-6-7-9-21(19)30-15-14-25-24(17(2)3)20-12-13-20/h6-9,18,20,24-25H,2,5,10-16H2,1,3-4H3,(H,26,28)(H,27,29). The lowest BCUT2D eigenvalue weighted by Gasteiger charge is -2.19. The highest BCUT2D eigenvalue weighted by molar-refractivity contribution is 5.84. The predicted molar refractivity (Wildman–Crippen MR) is 120 cm³/mol. The monoisotopic (exact) mass is 415 g/mol. The van der Waals surface area contributed by atoms with Crippen molar-refractivity contribution >= 4 is 11.8 Å². The van der Waals surface area contributed by atoms with Gasteiger partial charge < -0.3 is 20.7 Å². The largest absolute Gasteiger partial charge is 0.492 e. The van der Waals surface area contributed by atoms with Crippen LogP contribution in [0, 0.1) is 5.92 Å². The number of aryl methyl sites for hydroxylation is 1. The maximum absolute atomic E-state index is 11.9. The zero-order valence-electron chi connectivity index (χ0n) is 18.6. The summed E-state index contributed by atoms with van der Waals surface area (Å²) in [5.41, 5.74) is 2.33. The minimum absolute atomic E-state index is 0.0145. The SMILES string of the molecule is C=C(C)C(NCCOc1ccccc1CCC(C)NC(=O)CNC(=O)CC)C1CC1. The van der Waals surface area contributed by atoms with Crippen molar-refractivity contribution in [3.05, 3.63) is 42.0 Å². The molecule has 2 unspecified atom stereocenters. The number of para-hydroxylation sites is 1. The van der Waals surface area contributed by atoms with Crippen molar-refractivity contribution < 1.29 is 14.3 Å². The molecule has 1 aliphatic carbocycles. The number of carbonyl (C=O) groups excluding carboxylic acids is 2. The third-order valence-corrected chi connectivity index (χ3v) is 5.34. The Morgan fingerprint density at radius 3 is 2.63 bits per heavy atom. The summed E-state index contributed by atoms with van der Waals surface area (Å²) < 4.78 is 6.03. The maximum Gasteiger partial charge on any atom is 0.239 e. The summed E-state index contributed by atoms with van der Waals surface area (Å²) in [7, 11) is 0. The fraction of sp³-hybridized carbons (Fsp3) is 0.583. The first-order chi connectivity index (χ1) is 14.4. The Morgan fingerprint density at radius 2 is 1.97 bits per heavy atom. The summed E-state index contributed by atoms with van der Waals surface area (Å²) in [5, 5.41) is 9.09. The smallest absolute Gasteiger partial charge is 0.239 e. The number of amides is 2. The highest BCUT2D eigenvalue weighted by Crippen LogP contribution is 2.35. The molecule has 2 rings (SSSR count). The van der Waals surface area contributed by atoms with Crippen LogP contribution in [0.5, 0.6) is 5.75 Å². The summed E-state index contributed by atoms with van der Waals surface area (Å²) >= 11 is 0. The van der Waals surface area contributed by atoms with Crippen LogP contribution < -0.4 is 20.7 Å². The highest BCUT2D eigenvalue weighted by Gasteiger charge is 2.31. The number of hydrogen-bond acceptors (Lipinski definition) is 4. The Labute approximate surface area is 180 Å². The van der Waals surface area contributed by atoms with Crippen molar-refractivity contribution in [3.8, 4) is 5.75 Å². The Kier molecular flexibility index (Phi) is 9.87. The third kappa shape index (κ3) is 8.57. The van der Waals surface area contributed by atoms with Crippen LogP contribution in [-0.4, -0.2) is 43.6 Å². The first-order valence-corrected chi connectivity index (χ1v) is 11.1. The van der Waals surface area contributed by atoms with Crippen LogP contribution in [0.25, 0.3) is 0 Å². The molecule has 6 heteroatoms. The fourth-order valence-electron chi connectivity index (χ4n) is 3.47. The van der Waals surface area contributed by atoms with Crippen molar-refractivity contribution in [2.24, 2.45) is 5.92 Å². The van der Waals surface area contributed by atoms with Crippen LogP contribution in [0.1, 0.15) is 52.0 Å². The summed E-state index contributed by atoms with van der Waals surface area (Å²) in [4.78, 5) is 23.2. The van der Waals surface area contributed by atoms with E-state index in [9.17, 15) is 9.59 Å². The number of carbonyl (C=O) groups is 2. The molecule has 2 amide bonds. The molecule has 2 atom stereocenters. The van der Waals surface area contributed by atoms with E-state index in [1.165, 1.54) is 18.4 Å².